The number of hydrogen-bond acceptors (Lipinski definition) is 3. The summed E-state index contributed by atoms with van der Waals surface area (Å²) in [6.07, 6.45) is 1.66. The quantitative estimate of drug-likeness (QED) is 0.541. The van der Waals surface area contributed by atoms with Gasteiger partial charge in [-0.15, -0.1) is 0 Å². The standard InChI is InChI=1S/C9H17N3O2/c1-6(7(13)11-2)12-8(14)9(5-10)3-4-9/h6H,3-5,10H2,1-2H3,(H,11,13)(H,12,14). The first-order valence-electron chi connectivity index (χ1n) is 4.78. The minimum atomic E-state index is -0.489. The molecule has 1 unspecified atom stereocenters. The third-order valence-corrected chi connectivity index (χ3v) is 2.71. The molecule has 0 aromatic carbocycles. The Hall–Kier alpha value is -1.10. The highest BCUT2D eigenvalue weighted by atomic mass is 16.2. The van der Waals surface area contributed by atoms with Crippen LogP contribution in [0.3, 0.4) is 0 Å². The zero-order valence-corrected chi connectivity index (χ0v) is 8.59. The van der Waals surface area contributed by atoms with Gasteiger partial charge in [0.2, 0.25) is 11.8 Å². The molecule has 1 saturated carbocycles. The summed E-state index contributed by atoms with van der Waals surface area (Å²) in [5.41, 5.74) is 5.11. The summed E-state index contributed by atoms with van der Waals surface area (Å²) < 4.78 is 0. The largest absolute Gasteiger partial charge is 0.357 e. The smallest absolute Gasteiger partial charge is 0.242 e. The van der Waals surface area contributed by atoms with E-state index < -0.39 is 6.04 Å². The summed E-state index contributed by atoms with van der Waals surface area (Å²) in [4.78, 5) is 22.7. The van der Waals surface area contributed by atoms with Gasteiger partial charge in [0.05, 0.1) is 5.41 Å². The monoisotopic (exact) mass is 199 g/mol. The van der Waals surface area contributed by atoms with E-state index in [-0.39, 0.29) is 17.2 Å². The van der Waals surface area contributed by atoms with E-state index in [1.165, 1.54) is 0 Å². The van der Waals surface area contributed by atoms with Crippen molar-refractivity contribution in [3.8, 4) is 0 Å². The van der Waals surface area contributed by atoms with Gasteiger partial charge in [0.25, 0.3) is 0 Å². The van der Waals surface area contributed by atoms with Gasteiger partial charge in [-0.2, -0.15) is 0 Å². The van der Waals surface area contributed by atoms with E-state index in [2.05, 4.69) is 10.6 Å². The van der Waals surface area contributed by atoms with Crippen molar-refractivity contribution in [2.24, 2.45) is 11.1 Å². The van der Waals surface area contributed by atoms with Crippen LogP contribution in [0, 0.1) is 5.41 Å². The average molecular weight is 199 g/mol. The van der Waals surface area contributed by atoms with E-state index >= 15 is 0 Å². The van der Waals surface area contributed by atoms with Crippen LogP contribution in [0.2, 0.25) is 0 Å². The lowest BCUT2D eigenvalue weighted by molar-refractivity contribution is -0.131. The second kappa shape index (κ2) is 3.96. The number of nitrogens with one attached hydrogen (secondary N) is 2. The molecule has 1 rings (SSSR count). The lowest BCUT2D eigenvalue weighted by atomic mass is 10.1. The molecule has 0 aromatic heterocycles. The van der Waals surface area contributed by atoms with Crippen LogP contribution in [-0.4, -0.2) is 31.4 Å². The molecule has 5 heteroatoms. The molecule has 80 valence electrons. The topological polar surface area (TPSA) is 84.2 Å². The van der Waals surface area contributed by atoms with Gasteiger partial charge in [-0.25, -0.2) is 0 Å². The second-order valence-electron chi connectivity index (χ2n) is 3.79. The summed E-state index contributed by atoms with van der Waals surface area (Å²) in [6.45, 7) is 2.02. The summed E-state index contributed by atoms with van der Waals surface area (Å²) >= 11 is 0. The number of hydrogen-bond donors (Lipinski definition) is 3. The van der Waals surface area contributed by atoms with Gasteiger partial charge in [-0.3, -0.25) is 9.59 Å². The van der Waals surface area contributed by atoms with E-state index in [1.807, 2.05) is 0 Å². The Morgan fingerprint density at radius 3 is 2.43 bits per heavy atom. The third-order valence-electron chi connectivity index (χ3n) is 2.71. The zero-order chi connectivity index (χ0) is 10.8. The van der Waals surface area contributed by atoms with Gasteiger partial charge in [-0.05, 0) is 19.8 Å². The van der Waals surface area contributed by atoms with Crippen LogP contribution < -0.4 is 16.4 Å². The number of likely N-dealkylation sites (N-methyl/N-ethyl adjacent to an activating group) is 1. The molecule has 0 aliphatic heterocycles. The molecule has 0 heterocycles. The molecule has 4 N–H and O–H groups in total. The Kier molecular flexibility index (Phi) is 3.10. The Morgan fingerprint density at radius 2 is 2.07 bits per heavy atom. The average Bonchev–Trinajstić information content (AvgIpc) is 2.96. The molecule has 1 fully saturated rings. The van der Waals surface area contributed by atoms with E-state index in [9.17, 15) is 9.59 Å². The molecule has 5 nitrogen and oxygen atoms in total. The summed E-state index contributed by atoms with van der Waals surface area (Å²) in [5, 5.41) is 5.13. The number of carbonyl (C=O) groups is 2. The molecular weight excluding hydrogens is 182 g/mol. The molecular formula is C9H17N3O2. The zero-order valence-electron chi connectivity index (χ0n) is 8.59. The summed E-state index contributed by atoms with van der Waals surface area (Å²) in [6, 6.07) is -0.489. The molecule has 0 radical (unpaired) electrons. The Morgan fingerprint density at radius 1 is 1.50 bits per heavy atom. The summed E-state index contributed by atoms with van der Waals surface area (Å²) in [7, 11) is 1.54. The molecule has 1 aliphatic rings. The fourth-order valence-corrected chi connectivity index (χ4v) is 1.31. The van der Waals surface area contributed by atoms with Gasteiger partial charge in [0.1, 0.15) is 6.04 Å². The minimum absolute atomic E-state index is 0.101. The predicted octanol–water partition coefficient (Wildman–Crippen LogP) is -1.02. The van der Waals surface area contributed by atoms with Gasteiger partial charge in [0, 0.05) is 13.6 Å². The van der Waals surface area contributed by atoms with Crippen molar-refractivity contribution in [1.82, 2.24) is 10.6 Å². The maximum Gasteiger partial charge on any atom is 0.242 e. The van der Waals surface area contributed by atoms with Crippen molar-refractivity contribution >= 4 is 11.8 Å². The minimum Gasteiger partial charge on any atom is -0.357 e. The lowest BCUT2D eigenvalue weighted by Gasteiger charge is -2.17. The van der Waals surface area contributed by atoms with Crippen LogP contribution in [0.4, 0.5) is 0 Å². The maximum absolute atomic E-state index is 11.6. The molecule has 2 amide bonds. The van der Waals surface area contributed by atoms with E-state index in [4.69, 9.17) is 5.73 Å². The maximum atomic E-state index is 11.6. The first-order valence-corrected chi connectivity index (χ1v) is 4.78. The van der Waals surface area contributed by atoms with Gasteiger partial charge < -0.3 is 16.4 Å². The molecule has 0 spiro atoms. The van der Waals surface area contributed by atoms with Crippen molar-refractivity contribution in [2.75, 3.05) is 13.6 Å². The highest BCUT2D eigenvalue weighted by Crippen LogP contribution is 2.44. The van der Waals surface area contributed by atoms with Crippen LogP contribution in [-0.2, 0) is 9.59 Å². The molecule has 0 saturated heterocycles. The van der Waals surface area contributed by atoms with Crippen LogP contribution >= 0.6 is 0 Å². The number of nitrogens with two attached hydrogens (primary N) is 1. The van der Waals surface area contributed by atoms with Crippen molar-refractivity contribution in [3.63, 3.8) is 0 Å². The molecule has 1 aliphatic carbocycles. The van der Waals surface area contributed by atoms with Gasteiger partial charge in [0.15, 0.2) is 0 Å². The fraction of sp³-hybridized carbons (Fsp3) is 0.778. The van der Waals surface area contributed by atoms with Crippen molar-refractivity contribution < 1.29 is 9.59 Å². The first kappa shape index (κ1) is 11.0. The predicted molar refractivity (Wildman–Crippen MR) is 52.4 cm³/mol. The Bertz CT molecular complexity index is 248. The fourth-order valence-electron chi connectivity index (χ4n) is 1.31. The van der Waals surface area contributed by atoms with Crippen molar-refractivity contribution in [1.29, 1.82) is 0 Å². The first-order chi connectivity index (χ1) is 6.55. The number of amides is 2. The number of carbonyl (C=O) groups excluding carboxylic acids is 2. The van der Waals surface area contributed by atoms with Crippen LogP contribution in [0.25, 0.3) is 0 Å². The van der Waals surface area contributed by atoms with E-state index in [1.54, 1.807) is 14.0 Å². The Labute approximate surface area is 83.4 Å². The van der Waals surface area contributed by atoms with Crippen molar-refractivity contribution in [3.05, 3.63) is 0 Å². The third kappa shape index (κ3) is 2.04. The van der Waals surface area contributed by atoms with Crippen LogP contribution in [0.1, 0.15) is 19.8 Å². The highest BCUT2D eigenvalue weighted by molar-refractivity contribution is 5.91. The highest BCUT2D eigenvalue weighted by Gasteiger charge is 2.48. The Balaban J connectivity index is 2.45. The van der Waals surface area contributed by atoms with E-state index in [0.29, 0.717) is 6.54 Å². The van der Waals surface area contributed by atoms with Crippen molar-refractivity contribution in [2.45, 2.75) is 25.8 Å². The van der Waals surface area contributed by atoms with Gasteiger partial charge >= 0.3 is 0 Å². The summed E-state index contributed by atoms with van der Waals surface area (Å²) in [5.74, 6) is -0.290. The molecule has 0 aromatic rings. The van der Waals surface area contributed by atoms with Gasteiger partial charge in [-0.1, -0.05) is 0 Å². The number of rotatable bonds is 4. The molecule has 1 atom stereocenters. The molecule has 14 heavy (non-hydrogen) atoms. The van der Waals surface area contributed by atoms with Crippen LogP contribution in [0.15, 0.2) is 0 Å². The normalized spacial score (nSPS) is 19.6. The second-order valence-corrected chi connectivity index (χ2v) is 3.79. The van der Waals surface area contributed by atoms with Crippen LogP contribution in [0.5, 0.6) is 0 Å². The lowest BCUT2D eigenvalue weighted by Crippen LogP contribution is -2.47. The molecule has 0 bridgehead atoms. The van der Waals surface area contributed by atoms with E-state index in [0.717, 1.165) is 12.8 Å². The SMILES string of the molecule is CNC(=O)C(C)NC(=O)C1(CN)CC1.